The Balaban J connectivity index is 1.37. The van der Waals surface area contributed by atoms with Crippen LogP contribution in [0.2, 0.25) is 5.02 Å². The predicted octanol–water partition coefficient (Wildman–Crippen LogP) is 5.35. The molecule has 3 aromatic rings. The first-order chi connectivity index (χ1) is 17.8. The van der Waals surface area contributed by atoms with Crippen LogP contribution in [-0.2, 0) is 19.8 Å². The first-order valence-electron chi connectivity index (χ1n) is 12.5. The summed E-state index contributed by atoms with van der Waals surface area (Å²) in [4.78, 5) is 5.27. The summed E-state index contributed by atoms with van der Waals surface area (Å²) in [6.45, 7) is 2.22. The fourth-order valence-electron chi connectivity index (χ4n) is 4.60. The molecule has 0 atom stereocenters. The van der Waals surface area contributed by atoms with Crippen LogP contribution < -0.4 is 0 Å². The molecule has 2 aromatic carbocycles. The molecule has 9 heteroatoms. The highest BCUT2D eigenvalue weighted by molar-refractivity contribution is 7.85. The molecule has 2 aliphatic rings. The minimum absolute atomic E-state index is 0.242. The third kappa shape index (κ3) is 5.80. The van der Waals surface area contributed by atoms with Gasteiger partial charge < -0.3 is 0 Å². The lowest BCUT2D eigenvalue weighted by atomic mass is 9.98. The van der Waals surface area contributed by atoms with Gasteiger partial charge in [0.05, 0.1) is 24.3 Å². The second-order valence-electron chi connectivity index (χ2n) is 9.63. The number of unbranched alkanes of at least 4 members (excludes halogenated alkanes) is 4. The van der Waals surface area contributed by atoms with E-state index in [1.165, 1.54) is 0 Å². The molecule has 1 aliphatic carbocycles. The highest BCUT2D eigenvalue weighted by Gasteiger charge is 2.51. The number of rotatable bonds is 8. The molecule has 2 heterocycles. The van der Waals surface area contributed by atoms with Gasteiger partial charge in [0, 0.05) is 28.1 Å². The van der Waals surface area contributed by atoms with Crippen LogP contribution in [0.4, 0.5) is 0 Å². The maximum absolute atomic E-state index is 11.0. The molecule has 1 saturated carbocycles. The highest BCUT2D eigenvalue weighted by Crippen LogP contribution is 2.51. The van der Waals surface area contributed by atoms with Gasteiger partial charge in [0.2, 0.25) is 0 Å². The second kappa shape index (κ2) is 10.4. The van der Waals surface area contributed by atoms with Crippen molar-refractivity contribution in [2.24, 2.45) is 4.99 Å². The Kier molecular flexibility index (Phi) is 7.21. The lowest BCUT2D eigenvalue weighted by Crippen LogP contribution is -2.11. The van der Waals surface area contributed by atoms with Crippen LogP contribution in [0.3, 0.4) is 0 Å². The van der Waals surface area contributed by atoms with Gasteiger partial charge in [-0.15, -0.1) is 10.2 Å². The lowest BCUT2D eigenvalue weighted by molar-refractivity contribution is 0.310. The number of benzene rings is 2. The Bertz CT molecular complexity index is 1510. The number of hydrogen-bond donors (Lipinski definition) is 0. The van der Waals surface area contributed by atoms with E-state index in [1.807, 2.05) is 37.3 Å². The lowest BCUT2D eigenvalue weighted by Gasteiger charge is -2.13. The van der Waals surface area contributed by atoms with Crippen molar-refractivity contribution in [2.75, 3.05) is 12.9 Å². The van der Waals surface area contributed by atoms with E-state index >= 15 is 0 Å². The van der Waals surface area contributed by atoms with E-state index in [0.717, 1.165) is 90.9 Å². The van der Waals surface area contributed by atoms with Crippen molar-refractivity contribution in [3.8, 4) is 17.5 Å². The van der Waals surface area contributed by atoms with Crippen LogP contribution in [0.5, 0.6) is 0 Å². The summed E-state index contributed by atoms with van der Waals surface area (Å²) in [5.74, 6) is 8.35. The van der Waals surface area contributed by atoms with Crippen molar-refractivity contribution >= 4 is 27.4 Å². The molecule has 37 heavy (non-hydrogen) atoms. The summed E-state index contributed by atoms with van der Waals surface area (Å²) in [5.41, 5.74) is 4.55. The highest BCUT2D eigenvalue weighted by atomic mass is 35.5. The average Bonchev–Trinajstić information content (AvgIpc) is 3.56. The Hall–Kier alpha value is -2.99. The standard InChI is InChI=1S/C28H29ClN4O3S/c1-20-31-32-27-28(16-17-28)30-26(22-11-13-23(29)14-12-22)24-19-21(10-15-25(24)33(20)27)9-7-5-3-4-6-8-18-36-37(2,34)35/h10-15,19H,3-6,8,16-18H2,1-2H3. The summed E-state index contributed by atoms with van der Waals surface area (Å²) in [6, 6.07) is 14.1. The molecule has 0 bridgehead atoms. The Morgan fingerprint density at radius 3 is 2.54 bits per heavy atom. The molecule has 1 aliphatic heterocycles. The van der Waals surface area contributed by atoms with Gasteiger partial charge in [-0.25, -0.2) is 0 Å². The molecule has 0 N–H and O–H groups in total. The van der Waals surface area contributed by atoms with Gasteiger partial charge in [-0.1, -0.05) is 48.4 Å². The van der Waals surface area contributed by atoms with E-state index in [2.05, 4.69) is 38.7 Å². The zero-order chi connectivity index (χ0) is 26.0. The largest absolute Gasteiger partial charge is 0.280 e. The number of halogens is 1. The number of aryl methyl sites for hydroxylation is 1. The molecule has 0 saturated heterocycles. The van der Waals surface area contributed by atoms with E-state index < -0.39 is 10.1 Å². The first-order valence-corrected chi connectivity index (χ1v) is 14.7. The molecule has 1 spiro atoms. The third-order valence-electron chi connectivity index (χ3n) is 6.63. The number of aromatic nitrogens is 3. The van der Waals surface area contributed by atoms with Crippen molar-refractivity contribution in [3.63, 3.8) is 0 Å². The zero-order valence-electron chi connectivity index (χ0n) is 21.0. The van der Waals surface area contributed by atoms with Gasteiger partial charge in [-0.2, -0.15) is 8.42 Å². The maximum Gasteiger partial charge on any atom is 0.264 e. The topological polar surface area (TPSA) is 86.4 Å². The van der Waals surface area contributed by atoms with Gasteiger partial charge in [0.1, 0.15) is 11.4 Å². The quantitative estimate of drug-likeness (QED) is 0.220. The minimum Gasteiger partial charge on any atom is -0.280 e. The Morgan fingerprint density at radius 1 is 1.05 bits per heavy atom. The third-order valence-corrected chi connectivity index (χ3v) is 7.47. The molecule has 7 nitrogen and oxygen atoms in total. The Morgan fingerprint density at radius 2 is 1.81 bits per heavy atom. The van der Waals surface area contributed by atoms with Gasteiger partial charge in [0.15, 0.2) is 5.82 Å². The minimum atomic E-state index is -3.35. The fourth-order valence-corrected chi connectivity index (χ4v) is 5.15. The first kappa shape index (κ1) is 25.7. The van der Waals surface area contributed by atoms with Gasteiger partial charge >= 0.3 is 0 Å². The van der Waals surface area contributed by atoms with E-state index in [0.29, 0.717) is 5.02 Å². The van der Waals surface area contributed by atoms with Gasteiger partial charge in [-0.05, 0) is 62.9 Å². The van der Waals surface area contributed by atoms with Crippen LogP contribution in [0, 0.1) is 18.8 Å². The van der Waals surface area contributed by atoms with E-state index in [4.69, 9.17) is 20.8 Å². The number of aliphatic imine (C=N–C) groups is 1. The smallest absolute Gasteiger partial charge is 0.264 e. The van der Waals surface area contributed by atoms with E-state index in [-0.39, 0.29) is 12.1 Å². The molecule has 0 unspecified atom stereocenters. The Labute approximate surface area is 223 Å². The van der Waals surface area contributed by atoms with Crippen LogP contribution in [0.15, 0.2) is 47.5 Å². The maximum atomic E-state index is 11.0. The fraction of sp³-hybridized carbons (Fsp3) is 0.393. The number of hydrogen-bond acceptors (Lipinski definition) is 6. The molecule has 1 fully saturated rings. The monoisotopic (exact) mass is 536 g/mol. The summed E-state index contributed by atoms with van der Waals surface area (Å²) in [7, 11) is -3.35. The summed E-state index contributed by atoms with van der Waals surface area (Å²) in [5, 5.41) is 9.59. The molecule has 0 radical (unpaired) electrons. The van der Waals surface area contributed by atoms with Crippen LogP contribution in [-0.4, -0.2) is 41.8 Å². The molecule has 5 rings (SSSR count). The summed E-state index contributed by atoms with van der Waals surface area (Å²) in [6.07, 6.45) is 7.33. The summed E-state index contributed by atoms with van der Waals surface area (Å²) < 4.78 is 28.9. The van der Waals surface area contributed by atoms with E-state index in [9.17, 15) is 8.42 Å². The molecule has 0 amide bonds. The SMILES string of the molecule is Cc1nnc2n1-c1ccc(C#CCCCCCCOS(C)(=O)=O)cc1C(c1ccc(Cl)cc1)=NC21CC1. The summed E-state index contributed by atoms with van der Waals surface area (Å²) >= 11 is 6.18. The molecular formula is C28H29ClN4O3S. The normalized spacial score (nSPS) is 15.3. The number of nitrogens with zero attached hydrogens (tertiary/aromatic N) is 4. The van der Waals surface area contributed by atoms with Crippen molar-refractivity contribution in [3.05, 3.63) is 75.8 Å². The van der Waals surface area contributed by atoms with Crippen LogP contribution in [0.1, 0.15) is 73.3 Å². The van der Waals surface area contributed by atoms with Crippen molar-refractivity contribution in [1.82, 2.24) is 14.8 Å². The molecule has 192 valence electrons. The predicted molar refractivity (Wildman–Crippen MR) is 145 cm³/mol. The van der Waals surface area contributed by atoms with Gasteiger partial charge in [0.25, 0.3) is 10.1 Å². The molecule has 1 aromatic heterocycles. The van der Waals surface area contributed by atoms with Crippen molar-refractivity contribution in [2.45, 2.75) is 57.4 Å². The number of fused-ring (bicyclic) bond motifs is 4. The average molecular weight is 537 g/mol. The van der Waals surface area contributed by atoms with Crippen LogP contribution >= 0.6 is 11.6 Å². The second-order valence-corrected chi connectivity index (χ2v) is 11.7. The zero-order valence-corrected chi connectivity index (χ0v) is 22.6. The molecular weight excluding hydrogens is 508 g/mol. The van der Waals surface area contributed by atoms with Gasteiger partial charge in [-0.3, -0.25) is 13.7 Å². The van der Waals surface area contributed by atoms with Crippen molar-refractivity contribution in [1.29, 1.82) is 0 Å². The van der Waals surface area contributed by atoms with Crippen molar-refractivity contribution < 1.29 is 12.6 Å². The van der Waals surface area contributed by atoms with E-state index in [1.54, 1.807) is 0 Å². The van der Waals surface area contributed by atoms with Crippen LogP contribution in [0.25, 0.3) is 5.69 Å².